The zero-order valence-corrected chi connectivity index (χ0v) is 10.2. The minimum Gasteiger partial charge on any atom is -0.444 e. The van der Waals surface area contributed by atoms with Crippen LogP contribution in [0.25, 0.3) is 0 Å². The van der Waals surface area contributed by atoms with E-state index in [1.165, 1.54) is 12.0 Å². The van der Waals surface area contributed by atoms with Gasteiger partial charge in [0.15, 0.2) is 0 Å². The Kier molecular flexibility index (Phi) is 5.95. The Morgan fingerprint density at radius 1 is 1.50 bits per heavy atom. The van der Waals surface area contributed by atoms with Crippen LogP contribution >= 0.6 is 12.0 Å². The molecule has 0 aliphatic heterocycles. The topological polar surface area (TPSA) is 47.6 Å². The molecule has 0 bridgehead atoms. The van der Waals surface area contributed by atoms with Crippen molar-refractivity contribution in [1.82, 2.24) is 5.32 Å². The summed E-state index contributed by atoms with van der Waals surface area (Å²) in [4.78, 5) is 11.2. The third-order valence-electron chi connectivity index (χ3n) is 1.20. The van der Waals surface area contributed by atoms with E-state index in [1.807, 2.05) is 34.0 Å². The number of ether oxygens (including phenoxy) is 1. The molecule has 0 spiro atoms. The van der Waals surface area contributed by atoms with Crippen LogP contribution in [0.3, 0.4) is 0 Å². The van der Waals surface area contributed by atoms with Crippen LogP contribution in [-0.4, -0.2) is 30.6 Å². The van der Waals surface area contributed by atoms with E-state index in [0.717, 1.165) is 0 Å². The summed E-state index contributed by atoms with van der Waals surface area (Å²) >= 11 is 1.28. The molecule has 0 saturated carbocycles. The number of carbonyl (C=O) groups is 1. The van der Waals surface area contributed by atoms with Crippen LogP contribution in [0, 0.1) is 0 Å². The number of amides is 1. The molecule has 0 radical (unpaired) electrons. The molecule has 0 aromatic rings. The van der Waals surface area contributed by atoms with Crippen molar-refractivity contribution in [2.24, 2.45) is 0 Å². The van der Waals surface area contributed by atoms with Gasteiger partial charge in [0.05, 0.1) is 12.6 Å². The molecule has 14 heavy (non-hydrogen) atoms. The molecule has 84 valence electrons. The van der Waals surface area contributed by atoms with Crippen LogP contribution in [0.4, 0.5) is 4.79 Å². The lowest BCUT2D eigenvalue weighted by molar-refractivity contribution is 0.0496. The molecule has 4 nitrogen and oxygen atoms in total. The van der Waals surface area contributed by atoms with Crippen molar-refractivity contribution in [2.45, 2.75) is 39.3 Å². The Morgan fingerprint density at radius 2 is 2.07 bits per heavy atom. The van der Waals surface area contributed by atoms with E-state index in [9.17, 15) is 4.79 Å². The highest BCUT2D eigenvalue weighted by molar-refractivity contribution is 7.93. The lowest BCUT2D eigenvalue weighted by atomic mass is 10.2. The highest BCUT2D eigenvalue weighted by Gasteiger charge is 2.17. The quantitative estimate of drug-likeness (QED) is 0.739. The molecule has 1 unspecified atom stereocenters. The molecular formula is C9H19NO3S. The fourth-order valence-electron chi connectivity index (χ4n) is 0.721. The number of hydrogen-bond acceptors (Lipinski definition) is 4. The van der Waals surface area contributed by atoms with Crippen LogP contribution in [0.5, 0.6) is 0 Å². The van der Waals surface area contributed by atoms with Gasteiger partial charge in [0.25, 0.3) is 0 Å². The van der Waals surface area contributed by atoms with Gasteiger partial charge in [-0.2, -0.15) is 0 Å². The van der Waals surface area contributed by atoms with Crippen molar-refractivity contribution < 1.29 is 13.7 Å². The van der Waals surface area contributed by atoms with Crippen molar-refractivity contribution in [3.8, 4) is 0 Å². The van der Waals surface area contributed by atoms with Crippen molar-refractivity contribution in [2.75, 3.05) is 12.9 Å². The number of hydrogen-bond donors (Lipinski definition) is 1. The minimum absolute atomic E-state index is 0.0442. The Bertz CT molecular complexity index is 179. The van der Waals surface area contributed by atoms with Crippen molar-refractivity contribution in [1.29, 1.82) is 0 Å². The average molecular weight is 221 g/mol. The third-order valence-corrected chi connectivity index (χ3v) is 1.57. The zero-order valence-electron chi connectivity index (χ0n) is 9.42. The summed E-state index contributed by atoms with van der Waals surface area (Å²) in [6.07, 6.45) is 1.43. The van der Waals surface area contributed by atoms with E-state index < -0.39 is 11.7 Å². The first-order valence-electron chi connectivity index (χ1n) is 4.50. The second-order valence-electron chi connectivity index (χ2n) is 4.00. The van der Waals surface area contributed by atoms with Crippen LogP contribution in [0.1, 0.15) is 27.7 Å². The highest BCUT2D eigenvalue weighted by atomic mass is 32.2. The number of alkyl carbamates (subject to hydrolysis) is 1. The van der Waals surface area contributed by atoms with E-state index >= 15 is 0 Å². The van der Waals surface area contributed by atoms with E-state index in [2.05, 4.69) is 5.32 Å². The maximum atomic E-state index is 11.2. The predicted octanol–water partition coefficient (Wildman–Crippen LogP) is 2.19. The standard InChI is InChI=1S/C9H19NO3S/c1-7(6-12-14-5)10-8(11)13-9(2,3)4/h7H,6H2,1-5H3,(H,10,11). The fourth-order valence-corrected chi connectivity index (χ4v) is 1.06. The summed E-state index contributed by atoms with van der Waals surface area (Å²) < 4.78 is 10.1. The highest BCUT2D eigenvalue weighted by Crippen LogP contribution is 2.06. The smallest absolute Gasteiger partial charge is 0.407 e. The first kappa shape index (κ1) is 13.6. The van der Waals surface area contributed by atoms with E-state index in [-0.39, 0.29) is 6.04 Å². The van der Waals surface area contributed by atoms with Crippen LogP contribution < -0.4 is 5.32 Å². The van der Waals surface area contributed by atoms with Gasteiger partial charge >= 0.3 is 6.09 Å². The van der Waals surface area contributed by atoms with Gasteiger partial charge in [0.2, 0.25) is 0 Å². The van der Waals surface area contributed by atoms with Crippen molar-refractivity contribution >= 4 is 18.1 Å². The predicted molar refractivity (Wildman–Crippen MR) is 58.3 cm³/mol. The Labute approximate surface area is 89.9 Å². The van der Waals surface area contributed by atoms with E-state index in [1.54, 1.807) is 0 Å². The van der Waals surface area contributed by atoms with Gasteiger partial charge in [-0.3, -0.25) is 0 Å². The van der Waals surface area contributed by atoms with Crippen LogP contribution in [0.2, 0.25) is 0 Å². The lowest BCUT2D eigenvalue weighted by Crippen LogP contribution is -2.39. The summed E-state index contributed by atoms with van der Waals surface area (Å²) in [5.74, 6) is 0. The normalized spacial score (nSPS) is 13.5. The van der Waals surface area contributed by atoms with Crippen LogP contribution in [0.15, 0.2) is 0 Å². The molecular weight excluding hydrogens is 202 g/mol. The number of carbonyl (C=O) groups excluding carboxylic acids is 1. The van der Waals surface area contributed by atoms with Crippen LogP contribution in [-0.2, 0) is 8.92 Å². The van der Waals surface area contributed by atoms with E-state index in [0.29, 0.717) is 6.61 Å². The molecule has 0 heterocycles. The maximum Gasteiger partial charge on any atom is 0.407 e. The molecule has 0 fully saturated rings. The molecule has 0 aromatic heterocycles. The summed E-state index contributed by atoms with van der Waals surface area (Å²) in [6.45, 7) is 7.82. The molecule has 1 amide bonds. The van der Waals surface area contributed by atoms with Gasteiger partial charge in [-0.05, 0) is 39.7 Å². The second kappa shape index (κ2) is 6.14. The average Bonchev–Trinajstić information content (AvgIpc) is 1.96. The van der Waals surface area contributed by atoms with Gasteiger partial charge in [0, 0.05) is 6.26 Å². The molecule has 0 rings (SSSR count). The molecule has 1 atom stereocenters. The summed E-state index contributed by atoms with van der Waals surface area (Å²) in [7, 11) is 0. The SMILES string of the molecule is CSOCC(C)NC(=O)OC(C)(C)C. The molecule has 0 aromatic carbocycles. The number of rotatable bonds is 4. The molecule has 5 heteroatoms. The lowest BCUT2D eigenvalue weighted by Gasteiger charge is -2.21. The molecule has 0 aliphatic carbocycles. The molecule has 0 saturated heterocycles. The van der Waals surface area contributed by atoms with Crippen molar-refractivity contribution in [3.63, 3.8) is 0 Å². The summed E-state index contributed by atoms with van der Waals surface area (Å²) in [6, 6.07) is -0.0442. The summed E-state index contributed by atoms with van der Waals surface area (Å²) in [5.41, 5.74) is -0.454. The third kappa shape index (κ3) is 8.19. The monoisotopic (exact) mass is 221 g/mol. The molecule has 1 N–H and O–H groups in total. The Balaban J connectivity index is 3.71. The maximum absolute atomic E-state index is 11.2. The van der Waals surface area contributed by atoms with Gasteiger partial charge in [0.1, 0.15) is 5.60 Å². The minimum atomic E-state index is -0.454. The van der Waals surface area contributed by atoms with Gasteiger partial charge in [-0.25, -0.2) is 4.79 Å². The first-order chi connectivity index (χ1) is 6.35. The fraction of sp³-hybridized carbons (Fsp3) is 0.889. The zero-order chi connectivity index (χ0) is 11.2. The van der Waals surface area contributed by atoms with Gasteiger partial charge < -0.3 is 14.2 Å². The van der Waals surface area contributed by atoms with Gasteiger partial charge in [-0.1, -0.05) is 0 Å². The van der Waals surface area contributed by atoms with E-state index in [4.69, 9.17) is 8.92 Å². The van der Waals surface area contributed by atoms with Gasteiger partial charge in [-0.15, -0.1) is 0 Å². The Hall–Kier alpha value is -0.420. The summed E-state index contributed by atoms with van der Waals surface area (Å²) in [5, 5.41) is 2.67. The number of nitrogens with one attached hydrogen (secondary N) is 1. The largest absolute Gasteiger partial charge is 0.444 e. The first-order valence-corrected chi connectivity index (χ1v) is 5.65. The Morgan fingerprint density at radius 3 is 2.50 bits per heavy atom. The second-order valence-corrected chi connectivity index (χ2v) is 4.57. The molecule has 0 aliphatic rings. The van der Waals surface area contributed by atoms with Crippen molar-refractivity contribution in [3.05, 3.63) is 0 Å².